The van der Waals surface area contributed by atoms with Gasteiger partial charge in [0.05, 0.1) is 28.8 Å². The molecule has 6 nitrogen and oxygen atoms in total. The number of hydrogen-bond acceptors (Lipinski definition) is 5. The monoisotopic (exact) mass is 366 g/mol. The average molecular weight is 366 g/mol. The van der Waals surface area contributed by atoms with Gasteiger partial charge in [0.25, 0.3) is 0 Å². The third-order valence-electron chi connectivity index (χ3n) is 4.15. The van der Waals surface area contributed by atoms with Crippen LogP contribution in [0.25, 0.3) is 0 Å². The van der Waals surface area contributed by atoms with Gasteiger partial charge in [0.15, 0.2) is 0 Å². The number of carboxylic acid groups (broad SMARTS) is 1. The molecule has 0 aliphatic heterocycles. The number of carbonyl (C=O) groups is 2. The van der Waals surface area contributed by atoms with Gasteiger partial charge >= 0.3 is 5.97 Å². The lowest BCUT2D eigenvalue weighted by atomic mass is 9.98. The summed E-state index contributed by atoms with van der Waals surface area (Å²) >= 11 is 1.53. The van der Waals surface area contributed by atoms with E-state index in [1.54, 1.807) is 0 Å². The molecule has 1 aromatic rings. The van der Waals surface area contributed by atoms with E-state index in [9.17, 15) is 9.59 Å². The lowest BCUT2D eigenvalue weighted by molar-refractivity contribution is -0.113. The minimum absolute atomic E-state index is 0.0945. The van der Waals surface area contributed by atoms with Gasteiger partial charge in [-0.15, -0.1) is 0 Å². The maximum Gasteiger partial charge on any atom is 0.335 e. The number of thioether (sulfide) groups is 1. The van der Waals surface area contributed by atoms with Crippen molar-refractivity contribution in [1.29, 1.82) is 0 Å². The molecule has 0 radical (unpaired) electrons. The summed E-state index contributed by atoms with van der Waals surface area (Å²) < 4.78 is 5.85. The Morgan fingerprint density at radius 2 is 2.04 bits per heavy atom. The number of anilines is 2. The highest BCUT2D eigenvalue weighted by Crippen LogP contribution is 2.21. The molecule has 1 aliphatic carbocycles. The van der Waals surface area contributed by atoms with Gasteiger partial charge in [0.2, 0.25) is 5.91 Å². The summed E-state index contributed by atoms with van der Waals surface area (Å²) in [4.78, 5) is 22.9. The minimum atomic E-state index is -1.05. The minimum Gasteiger partial charge on any atom is -0.478 e. The van der Waals surface area contributed by atoms with E-state index in [0.29, 0.717) is 23.2 Å². The Balaban J connectivity index is 1.62. The van der Waals surface area contributed by atoms with Crippen LogP contribution in [-0.4, -0.2) is 41.2 Å². The molecule has 0 heterocycles. The highest BCUT2D eigenvalue weighted by molar-refractivity contribution is 7.99. The van der Waals surface area contributed by atoms with Crippen LogP contribution in [0, 0.1) is 0 Å². The maximum atomic E-state index is 12.0. The number of carbonyl (C=O) groups excluding carboxylic acids is 1. The predicted octanol–water partition coefficient (Wildman–Crippen LogP) is 3.38. The topological polar surface area (TPSA) is 102 Å². The normalized spacial score (nSPS) is 15.0. The largest absolute Gasteiger partial charge is 0.478 e. The van der Waals surface area contributed by atoms with Crippen molar-refractivity contribution < 1.29 is 19.4 Å². The van der Waals surface area contributed by atoms with E-state index >= 15 is 0 Å². The number of aromatic carboxylic acids is 1. The Hall–Kier alpha value is -1.73. The molecule has 1 aromatic carbocycles. The van der Waals surface area contributed by atoms with Crippen LogP contribution < -0.4 is 11.1 Å². The Kier molecular flexibility index (Phi) is 8.08. The molecule has 0 spiro atoms. The van der Waals surface area contributed by atoms with E-state index in [4.69, 9.17) is 15.6 Å². The number of rotatable bonds is 9. The molecule has 1 aliphatic rings. The first-order valence-corrected chi connectivity index (χ1v) is 9.84. The Bertz CT molecular complexity index is 588. The molecule has 0 bridgehead atoms. The van der Waals surface area contributed by atoms with Crippen molar-refractivity contribution in [1.82, 2.24) is 0 Å². The van der Waals surface area contributed by atoms with Crippen molar-refractivity contribution in [2.45, 2.75) is 44.6 Å². The summed E-state index contributed by atoms with van der Waals surface area (Å²) in [5, 5.41) is 11.7. The van der Waals surface area contributed by atoms with Crippen LogP contribution in [0.2, 0.25) is 0 Å². The molecule has 25 heavy (non-hydrogen) atoms. The molecule has 1 amide bonds. The zero-order valence-corrected chi connectivity index (χ0v) is 15.1. The summed E-state index contributed by atoms with van der Waals surface area (Å²) in [5.41, 5.74) is 6.56. The van der Waals surface area contributed by atoms with Crippen molar-refractivity contribution in [2.24, 2.45) is 0 Å². The fourth-order valence-corrected chi connectivity index (χ4v) is 3.52. The van der Waals surface area contributed by atoms with Gasteiger partial charge in [-0.2, -0.15) is 11.8 Å². The quantitative estimate of drug-likeness (QED) is 0.457. The molecule has 1 fully saturated rings. The zero-order chi connectivity index (χ0) is 18.1. The van der Waals surface area contributed by atoms with Crippen molar-refractivity contribution in [2.75, 3.05) is 29.2 Å². The number of nitrogens with one attached hydrogen (secondary N) is 1. The molecule has 0 aromatic heterocycles. The van der Waals surface area contributed by atoms with Crippen LogP contribution in [0.1, 0.15) is 48.9 Å². The van der Waals surface area contributed by atoms with Crippen LogP contribution in [0.5, 0.6) is 0 Å². The van der Waals surface area contributed by atoms with E-state index in [2.05, 4.69) is 5.32 Å². The standard InChI is InChI=1S/C18H26N2O4S/c19-15-8-7-13(18(22)23)11-16(15)20-17(21)12-25-10-4-9-24-14-5-2-1-3-6-14/h7-8,11,14H,1-6,9-10,12,19H2,(H,20,21)(H,22,23). The second-order valence-electron chi connectivity index (χ2n) is 6.19. The van der Waals surface area contributed by atoms with Crippen LogP contribution in [0.3, 0.4) is 0 Å². The third-order valence-corrected chi connectivity index (χ3v) is 5.19. The maximum absolute atomic E-state index is 12.0. The number of benzene rings is 1. The molecule has 1 saturated carbocycles. The fraction of sp³-hybridized carbons (Fsp3) is 0.556. The van der Waals surface area contributed by atoms with Crippen molar-refractivity contribution in [3.05, 3.63) is 23.8 Å². The molecule has 2 rings (SSSR count). The first kappa shape index (κ1) is 19.6. The van der Waals surface area contributed by atoms with Gasteiger partial charge in [-0.25, -0.2) is 4.79 Å². The molecule has 138 valence electrons. The van der Waals surface area contributed by atoms with Gasteiger partial charge in [0.1, 0.15) is 0 Å². The number of nitrogen functional groups attached to an aromatic ring is 1. The predicted molar refractivity (Wildman–Crippen MR) is 101 cm³/mol. The fourth-order valence-electron chi connectivity index (χ4n) is 2.79. The summed E-state index contributed by atoms with van der Waals surface area (Å²) in [6, 6.07) is 4.27. The molecule has 0 atom stereocenters. The second kappa shape index (κ2) is 10.3. The van der Waals surface area contributed by atoms with Crippen molar-refractivity contribution in [3.63, 3.8) is 0 Å². The summed E-state index contributed by atoms with van der Waals surface area (Å²) in [6.45, 7) is 0.743. The van der Waals surface area contributed by atoms with Crippen molar-refractivity contribution >= 4 is 35.0 Å². The van der Waals surface area contributed by atoms with Crippen LogP contribution >= 0.6 is 11.8 Å². The third kappa shape index (κ3) is 6.96. The SMILES string of the molecule is Nc1ccc(C(=O)O)cc1NC(=O)CSCCCOC1CCCCC1. The lowest BCUT2D eigenvalue weighted by Gasteiger charge is -2.21. The summed E-state index contributed by atoms with van der Waals surface area (Å²) in [5.74, 6) is -0.0828. The Morgan fingerprint density at radius 1 is 1.28 bits per heavy atom. The van der Waals surface area contributed by atoms with Crippen LogP contribution in [-0.2, 0) is 9.53 Å². The molecule has 0 saturated heterocycles. The highest BCUT2D eigenvalue weighted by Gasteiger charge is 2.13. The average Bonchev–Trinajstić information content (AvgIpc) is 2.60. The van der Waals surface area contributed by atoms with E-state index in [1.807, 2.05) is 0 Å². The smallest absolute Gasteiger partial charge is 0.335 e. The number of nitrogens with two attached hydrogens (primary N) is 1. The number of amides is 1. The lowest BCUT2D eigenvalue weighted by Crippen LogP contribution is -2.18. The Morgan fingerprint density at radius 3 is 2.76 bits per heavy atom. The second-order valence-corrected chi connectivity index (χ2v) is 7.30. The van der Waals surface area contributed by atoms with Crippen molar-refractivity contribution in [3.8, 4) is 0 Å². The molecule has 0 unspecified atom stereocenters. The van der Waals surface area contributed by atoms with Gasteiger partial charge in [-0.3, -0.25) is 4.79 Å². The molecule has 7 heteroatoms. The van der Waals surface area contributed by atoms with Gasteiger partial charge in [0, 0.05) is 6.61 Å². The Labute approximate surface area is 152 Å². The van der Waals surface area contributed by atoms with Gasteiger partial charge in [-0.05, 0) is 43.2 Å². The molecular weight excluding hydrogens is 340 g/mol. The summed E-state index contributed by atoms with van der Waals surface area (Å²) in [6.07, 6.45) is 7.55. The van der Waals surface area contributed by atoms with Gasteiger partial charge in [-0.1, -0.05) is 19.3 Å². The zero-order valence-electron chi connectivity index (χ0n) is 14.3. The first-order valence-electron chi connectivity index (χ1n) is 8.68. The summed E-state index contributed by atoms with van der Waals surface area (Å²) in [7, 11) is 0. The van der Waals surface area contributed by atoms with E-state index in [0.717, 1.165) is 18.8 Å². The van der Waals surface area contributed by atoms with E-state index in [-0.39, 0.29) is 11.5 Å². The van der Waals surface area contributed by atoms with E-state index < -0.39 is 5.97 Å². The van der Waals surface area contributed by atoms with Gasteiger partial charge < -0.3 is 20.9 Å². The van der Waals surface area contributed by atoms with Crippen LogP contribution in [0.15, 0.2) is 18.2 Å². The number of carboxylic acids is 1. The molecule has 4 N–H and O–H groups in total. The molecular formula is C18H26N2O4S. The van der Waals surface area contributed by atoms with Crippen LogP contribution in [0.4, 0.5) is 11.4 Å². The first-order chi connectivity index (χ1) is 12.1. The number of ether oxygens (including phenoxy) is 1. The van der Waals surface area contributed by atoms with E-state index in [1.165, 1.54) is 62.1 Å². The highest BCUT2D eigenvalue weighted by atomic mass is 32.2. The number of hydrogen-bond donors (Lipinski definition) is 3.